The van der Waals surface area contributed by atoms with Crippen LogP contribution in [0.4, 0.5) is 4.79 Å². The van der Waals surface area contributed by atoms with E-state index < -0.39 is 35.3 Å². The first kappa shape index (κ1) is 40.7. The van der Waals surface area contributed by atoms with Gasteiger partial charge in [-0.1, -0.05) is 54.6 Å². The van der Waals surface area contributed by atoms with E-state index in [2.05, 4.69) is 16.0 Å². The molecular formula is C42H53N5O8. The van der Waals surface area contributed by atoms with Crippen molar-refractivity contribution in [3.63, 3.8) is 0 Å². The van der Waals surface area contributed by atoms with Crippen LogP contribution in [0.3, 0.4) is 0 Å². The van der Waals surface area contributed by atoms with Gasteiger partial charge in [0.05, 0.1) is 24.0 Å². The standard InChI is InChI=1S/C42H53N5O8/c1-5-54-39(51)35(19-11-12-24-43-41(53)55-28(2)3)45-40(52)42(29-14-7-6-8-15-29)23-20-32(31-16-9-10-18-34(31)42)38(50)47-26-21-30(22-27-47)44-36(48)33-17-13-25-46(4)37(33)49/h6-10,13-18,25,28,30,32,35H,5,11-12,19-24,26-27H2,1-4H3,(H,43,53)(H,44,48)(H,45,52)/t32-,35-,42+/m0/s1. The number of esters is 1. The molecule has 1 saturated heterocycles. The highest BCUT2D eigenvalue weighted by molar-refractivity contribution is 5.97. The van der Waals surface area contributed by atoms with Gasteiger partial charge in [0.1, 0.15) is 11.6 Å². The SMILES string of the molecule is CCOC(=O)[C@H](CCCCNC(=O)OC(C)C)NC(=O)[C@@]1(c2ccccc2)CC[C@H](C(=O)N2CCC(NC(=O)c3cccn(C)c3=O)CC2)c2ccccc21. The summed E-state index contributed by atoms with van der Waals surface area (Å²) >= 11 is 0. The summed E-state index contributed by atoms with van der Waals surface area (Å²) in [5.74, 6) is -1.83. The lowest BCUT2D eigenvalue weighted by Gasteiger charge is -2.43. The number of fused-ring (bicyclic) bond motifs is 1. The number of amides is 4. The van der Waals surface area contributed by atoms with Crippen LogP contribution in [0, 0.1) is 0 Å². The highest BCUT2D eigenvalue weighted by atomic mass is 16.6. The zero-order valence-corrected chi connectivity index (χ0v) is 32.2. The van der Waals surface area contributed by atoms with E-state index in [0.717, 1.165) is 11.1 Å². The van der Waals surface area contributed by atoms with Crippen molar-refractivity contribution in [3.8, 4) is 0 Å². The predicted octanol–water partition coefficient (Wildman–Crippen LogP) is 4.32. The van der Waals surface area contributed by atoms with E-state index in [0.29, 0.717) is 70.1 Å². The Balaban J connectivity index is 1.32. The smallest absolute Gasteiger partial charge is 0.407 e. The molecule has 1 aromatic heterocycles. The molecule has 294 valence electrons. The first-order valence-corrected chi connectivity index (χ1v) is 19.3. The Labute approximate surface area is 322 Å². The van der Waals surface area contributed by atoms with Gasteiger partial charge < -0.3 is 34.9 Å². The van der Waals surface area contributed by atoms with E-state index in [1.165, 1.54) is 10.6 Å². The maximum absolute atomic E-state index is 14.8. The van der Waals surface area contributed by atoms with E-state index in [1.54, 1.807) is 40.1 Å². The Morgan fingerprint density at radius 1 is 0.909 bits per heavy atom. The van der Waals surface area contributed by atoms with Crippen LogP contribution in [-0.4, -0.2) is 83.7 Å². The molecule has 2 aliphatic rings. The van der Waals surface area contributed by atoms with Gasteiger partial charge >= 0.3 is 12.1 Å². The number of benzene rings is 2. The summed E-state index contributed by atoms with van der Waals surface area (Å²) < 4.78 is 11.9. The van der Waals surface area contributed by atoms with Crippen molar-refractivity contribution in [2.24, 2.45) is 7.05 Å². The second-order valence-electron chi connectivity index (χ2n) is 14.5. The van der Waals surface area contributed by atoms with E-state index in [9.17, 15) is 28.8 Å². The van der Waals surface area contributed by atoms with Gasteiger partial charge in [-0.2, -0.15) is 0 Å². The van der Waals surface area contributed by atoms with Crippen LogP contribution in [0.15, 0.2) is 77.7 Å². The summed E-state index contributed by atoms with van der Waals surface area (Å²) in [4.78, 5) is 81.4. The topological polar surface area (TPSA) is 165 Å². The molecule has 0 saturated carbocycles. The number of hydrogen-bond donors (Lipinski definition) is 3. The highest BCUT2D eigenvalue weighted by Crippen LogP contribution is 2.48. The second kappa shape index (κ2) is 18.7. The Morgan fingerprint density at radius 3 is 2.33 bits per heavy atom. The van der Waals surface area contributed by atoms with Crippen molar-refractivity contribution >= 4 is 29.8 Å². The molecule has 0 bridgehead atoms. The molecule has 1 aliphatic heterocycles. The molecule has 13 nitrogen and oxygen atoms in total. The molecule has 3 atom stereocenters. The highest BCUT2D eigenvalue weighted by Gasteiger charge is 2.49. The normalized spacial score (nSPS) is 18.8. The van der Waals surface area contributed by atoms with Gasteiger partial charge in [0.15, 0.2) is 0 Å². The average Bonchev–Trinajstić information content (AvgIpc) is 3.18. The van der Waals surface area contributed by atoms with Gasteiger partial charge in [0, 0.05) is 38.9 Å². The Morgan fingerprint density at radius 2 is 1.62 bits per heavy atom. The van der Waals surface area contributed by atoms with Crippen LogP contribution in [0.1, 0.15) is 98.7 Å². The number of pyridine rings is 1. The summed E-state index contributed by atoms with van der Waals surface area (Å²) in [6.07, 6.45) is 4.06. The minimum absolute atomic E-state index is 0.0356. The third-order valence-corrected chi connectivity index (χ3v) is 10.5. The molecule has 13 heteroatoms. The summed E-state index contributed by atoms with van der Waals surface area (Å²) in [7, 11) is 1.60. The van der Waals surface area contributed by atoms with Gasteiger partial charge in [-0.25, -0.2) is 9.59 Å². The molecule has 1 aliphatic carbocycles. The molecular weight excluding hydrogens is 702 g/mol. The maximum Gasteiger partial charge on any atom is 0.407 e. The van der Waals surface area contributed by atoms with Gasteiger partial charge in [0.25, 0.3) is 11.5 Å². The zero-order valence-electron chi connectivity index (χ0n) is 32.2. The minimum Gasteiger partial charge on any atom is -0.464 e. The van der Waals surface area contributed by atoms with Gasteiger partial charge in [-0.05, 0) is 94.5 Å². The molecule has 0 spiro atoms. The second-order valence-corrected chi connectivity index (χ2v) is 14.5. The van der Waals surface area contributed by atoms with E-state index in [4.69, 9.17) is 9.47 Å². The van der Waals surface area contributed by atoms with E-state index in [-0.39, 0.29) is 41.7 Å². The van der Waals surface area contributed by atoms with Gasteiger partial charge in [-0.3, -0.25) is 19.2 Å². The predicted molar refractivity (Wildman–Crippen MR) is 206 cm³/mol. The number of aryl methyl sites for hydroxylation is 1. The maximum atomic E-state index is 14.8. The molecule has 0 radical (unpaired) electrons. The fraction of sp³-hybridized carbons (Fsp3) is 0.476. The number of unbranched alkanes of at least 4 members (excludes halogenated alkanes) is 1. The van der Waals surface area contributed by atoms with Gasteiger partial charge in [-0.15, -0.1) is 0 Å². The molecule has 4 amide bonds. The molecule has 55 heavy (non-hydrogen) atoms. The van der Waals surface area contributed by atoms with Crippen LogP contribution in [-0.2, 0) is 36.3 Å². The summed E-state index contributed by atoms with van der Waals surface area (Å²) in [6, 6.07) is 19.1. The zero-order chi connectivity index (χ0) is 39.5. The number of piperidine rings is 1. The summed E-state index contributed by atoms with van der Waals surface area (Å²) in [5.41, 5.74) is 0.764. The monoisotopic (exact) mass is 755 g/mol. The number of carbonyl (C=O) groups is 5. The Bertz CT molecular complexity index is 1890. The number of alkyl carbamates (subject to hydrolysis) is 1. The molecule has 3 N–H and O–H groups in total. The quantitative estimate of drug-likeness (QED) is 0.162. The number of carbonyl (C=O) groups excluding carboxylic acids is 5. The van der Waals surface area contributed by atoms with Crippen molar-refractivity contribution in [2.75, 3.05) is 26.2 Å². The fourth-order valence-electron chi connectivity index (χ4n) is 7.68. The lowest BCUT2D eigenvalue weighted by atomic mass is 9.62. The molecule has 5 rings (SSSR count). The van der Waals surface area contributed by atoms with Crippen LogP contribution < -0.4 is 21.5 Å². The van der Waals surface area contributed by atoms with Crippen LogP contribution in [0.5, 0.6) is 0 Å². The van der Waals surface area contributed by atoms with Crippen molar-refractivity contribution in [2.45, 2.75) is 95.2 Å². The number of likely N-dealkylation sites (tertiary alicyclic amines) is 1. The number of rotatable bonds is 14. The van der Waals surface area contributed by atoms with Gasteiger partial charge in [0.2, 0.25) is 11.8 Å². The third-order valence-electron chi connectivity index (χ3n) is 10.5. The third kappa shape index (κ3) is 9.62. The molecule has 3 aromatic rings. The summed E-state index contributed by atoms with van der Waals surface area (Å²) in [6.45, 7) is 6.64. The number of aromatic nitrogens is 1. The minimum atomic E-state index is -1.19. The molecule has 0 unspecified atom stereocenters. The van der Waals surface area contributed by atoms with E-state index >= 15 is 0 Å². The fourth-order valence-corrected chi connectivity index (χ4v) is 7.68. The average molecular weight is 756 g/mol. The van der Waals surface area contributed by atoms with Crippen molar-refractivity contribution in [1.29, 1.82) is 0 Å². The lowest BCUT2D eigenvalue weighted by Crippen LogP contribution is -2.54. The molecule has 1 fully saturated rings. The Hall–Kier alpha value is -5.46. The number of hydrogen-bond acceptors (Lipinski definition) is 8. The number of nitrogens with one attached hydrogen (secondary N) is 3. The molecule has 2 aromatic carbocycles. The van der Waals surface area contributed by atoms with Crippen LogP contribution in [0.2, 0.25) is 0 Å². The molecule has 2 heterocycles. The number of nitrogens with zero attached hydrogens (tertiary/aromatic N) is 2. The first-order chi connectivity index (χ1) is 26.5. The van der Waals surface area contributed by atoms with Crippen LogP contribution in [0.25, 0.3) is 0 Å². The van der Waals surface area contributed by atoms with Crippen molar-refractivity contribution < 1.29 is 33.4 Å². The van der Waals surface area contributed by atoms with Crippen molar-refractivity contribution in [3.05, 3.63) is 106 Å². The lowest BCUT2D eigenvalue weighted by molar-refractivity contribution is -0.148. The number of ether oxygens (including phenoxy) is 2. The summed E-state index contributed by atoms with van der Waals surface area (Å²) in [5, 5.41) is 8.72. The van der Waals surface area contributed by atoms with E-state index in [1.807, 2.05) is 59.5 Å². The largest absolute Gasteiger partial charge is 0.464 e. The first-order valence-electron chi connectivity index (χ1n) is 19.3. The van der Waals surface area contributed by atoms with Crippen LogP contribution >= 0.6 is 0 Å². The van der Waals surface area contributed by atoms with Crippen molar-refractivity contribution in [1.82, 2.24) is 25.4 Å². The Kier molecular flexibility index (Phi) is 13.9.